The van der Waals surface area contributed by atoms with Gasteiger partial charge < -0.3 is 23.8 Å². The number of nitrogens with one attached hydrogen (secondary N) is 2. The monoisotopic (exact) mass is 894 g/mol. The molecule has 2 unspecified atom stereocenters. The summed E-state index contributed by atoms with van der Waals surface area (Å²) >= 11 is 0. The highest BCUT2D eigenvalue weighted by atomic mass is 19.1. The van der Waals surface area contributed by atoms with E-state index in [-0.39, 0.29) is 29.4 Å². The van der Waals surface area contributed by atoms with Crippen LogP contribution in [0.15, 0.2) is 78.0 Å². The van der Waals surface area contributed by atoms with Crippen molar-refractivity contribution < 1.29 is 28.3 Å². The van der Waals surface area contributed by atoms with Crippen LogP contribution < -0.4 is 16.5 Å². The van der Waals surface area contributed by atoms with Gasteiger partial charge in [0.1, 0.15) is 23.5 Å². The molecule has 2 amide bonds. The average Bonchev–Trinajstić information content (AvgIpc) is 4.10. The molecular formula is C49H51FN10O6. The zero-order valence-corrected chi connectivity index (χ0v) is 37.3. The molecule has 4 aromatic heterocycles. The first-order valence-corrected chi connectivity index (χ1v) is 23.0. The molecule has 5 atom stereocenters. The quantitative estimate of drug-likeness (QED) is 0.168. The number of nitrogens with zero attached hydrogens (tertiary/aromatic N) is 8. The van der Waals surface area contributed by atoms with Crippen LogP contribution in [-0.2, 0) is 26.3 Å². The first kappa shape index (κ1) is 40.9. The van der Waals surface area contributed by atoms with E-state index in [1.165, 1.54) is 5.56 Å². The summed E-state index contributed by atoms with van der Waals surface area (Å²) in [7, 11) is 0. The summed E-state index contributed by atoms with van der Waals surface area (Å²) in [6.45, 7) is 10.6. The fourth-order valence-corrected chi connectivity index (χ4v) is 11.4. The third kappa shape index (κ3) is 6.23. The first-order valence-electron chi connectivity index (χ1n) is 23.0. The van der Waals surface area contributed by atoms with E-state index in [9.17, 15) is 9.59 Å². The molecule has 2 N–H and O–H groups in total. The Hall–Kier alpha value is -6.56. The summed E-state index contributed by atoms with van der Waals surface area (Å²) in [6, 6.07) is 17.4. The topological polar surface area (TPSA) is 157 Å². The van der Waals surface area contributed by atoms with Crippen LogP contribution in [0, 0.1) is 25.6 Å². The van der Waals surface area contributed by atoms with Crippen LogP contribution in [0.2, 0.25) is 0 Å². The maximum atomic E-state index is 15.6. The molecule has 1 saturated carbocycles. The van der Waals surface area contributed by atoms with Crippen molar-refractivity contribution in [3.8, 4) is 17.2 Å². The maximum Gasteiger partial charge on any atom is 0.427 e. The Morgan fingerprint density at radius 2 is 1.64 bits per heavy atom. The molecule has 3 aromatic carbocycles. The number of aryl methyl sites for hydroxylation is 2. The second-order valence-corrected chi connectivity index (χ2v) is 18.8. The van der Waals surface area contributed by atoms with Gasteiger partial charge in [-0.05, 0) is 124 Å². The van der Waals surface area contributed by atoms with E-state index in [1.807, 2.05) is 47.0 Å². The molecular weight excluding hydrogens is 844 g/mol. The van der Waals surface area contributed by atoms with Gasteiger partial charge in [0.15, 0.2) is 0 Å². The van der Waals surface area contributed by atoms with E-state index in [2.05, 4.69) is 45.6 Å². The fraction of sp³-hybridized carbons (Fsp3) is 0.408. The van der Waals surface area contributed by atoms with Crippen LogP contribution in [0.5, 0.6) is 0 Å². The van der Waals surface area contributed by atoms with Gasteiger partial charge in [0.25, 0.3) is 5.91 Å². The molecule has 0 bridgehead atoms. The van der Waals surface area contributed by atoms with Crippen LogP contribution in [0.3, 0.4) is 0 Å². The molecule has 0 spiro atoms. The number of imidazole rings is 1. The molecule has 340 valence electrons. The number of carbonyl (C=O) groups excluding carboxylic acids is 2. The molecule has 66 heavy (non-hydrogen) atoms. The lowest BCUT2D eigenvalue weighted by Crippen LogP contribution is -2.49. The van der Waals surface area contributed by atoms with Crippen LogP contribution >= 0.6 is 0 Å². The summed E-state index contributed by atoms with van der Waals surface area (Å²) in [4.78, 5) is 50.0. The van der Waals surface area contributed by atoms with E-state index >= 15 is 9.18 Å². The molecule has 8 heterocycles. The van der Waals surface area contributed by atoms with Crippen molar-refractivity contribution >= 4 is 33.8 Å². The second kappa shape index (κ2) is 15.3. The van der Waals surface area contributed by atoms with Gasteiger partial charge in [0.05, 0.1) is 53.0 Å². The normalized spacial score (nSPS) is 24.3. The third-order valence-corrected chi connectivity index (χ3v) is 15.0. The number of ether oxygens (including phenoxy) is 2. The van der Waals surface area contributed by atoms with Crippen LogP contribution in [-0.4, -0.2) is 89.3 Å². The summed E-state index contributed by atoms with van der Waals surface area (Å²) in [5.74, 6) is 0.438. The summed E-state index contributed by atoms with van der Waals surface area (Å²) in [5, 5.41) is 14.6. The molecule has 12 rings (SSSR count). The minimum atomic E-state index is -0.680. The molecule has 4 aliphatic heterocycles. The first-order chi connectivity index (χ1) is 32.0. The summed E-state index contributed by atoms with van der Waals surface area (Å²) in [6.07, 6.45) is 8.03. The number of hydroxylamine groups is 1. The highest BCUT2D eigenvalue weighted by Gasteiger charge is 2.62. The van der Waals surface area contributed by atoms with Crippen molar-refractivity contribution in [3.63, 3.8) is 0 Å². The standard InChI is InChI=1S/C49H51FN10O6/c1-27-19-37(20-28(2)43(27)50)60-44(57-15-14-56(48(57)63)35-6-8-40-34(22-35)25-51-59(40)36-12-18-65-26-36)42-30(4)55(13-9-38(42)53-60)45(61)41-23-33-21-32(31-10-16-64-17-11-31)5-7-39(33)58(41)49(24-29(49)3)46-52-47(62)66-54-46/h5-8,14-15,19-23,25,29-31,36,46,54H,9-13,16-18,24,26H2,1-4H3,(H,52,62)/t29-,30-,36?,46?,49-/m0/s1. The van der Waals surface area contributed by atoms with Gasteiger partial charge in [-0.1, -0.05) is 13.0 Å². The Balaban J connectivity index is 0.972. The number of hydrogen-bond donors (Lipinski definition) is 2. The van der Waals surface area contributed by atoms with Crippen molar-refractivity contribution in [2.45, 2.75) is 89.5 Å². The van der Waals surface area contributed by atoms with Crippen LogP contribution in [0.25, 0.3) is 39.0 Å². The van der Waals surface area contributed by atoms with E-state index in [0.29, 0.717) is 85.7 Å². The average molecular weight is 895 g/mol. The molecule has 3 saturated heterocycles. The van der Waals surface area contributed by atoms with Gasteiger partial charge in [-0.25, -0.2) is 18.7 Å². The Morgan fingerprint density at radius 1 is 0.879 bits per heavy atom. The number of halogens is 1. The van der Waals surface area contributed by atoms with Crippen LogP contribution in [0.1, 0.15) is 96.0 Å². The van der Waals surface area contributed by atoms with Crippen molar-refractivity contribution in [2.75, 3.05) is 33.0 Å². The number of benzene rings is 3. The van der Waals surface area contributed by atoms with Crippen LogP contribution in [0.4, 0.5) is 9.18 Å². The zero-order valence-electron chi connectivity index (χ0n) is 37.3. The minimum absolute atomic E-state index is 0.0989. The van der Waals surface area contributed by atoms with E-state index in [0.717, 1.165) is 52.3 Å². The van der Waals surface area contributed by atoms with Crippen molar-refractivity contribution in [2.24, 2.45) is 5.92 Å². The number of carbonyl (C=O) groups is 2. The highest BCUT2D eigenvalue weighted by Crippen LogP contribution is 2.55. The highest BCUT2D eigenvalue weighted by molar-refractivity contribution is 6.00. The van der Waals surface area contributed by atoms with Crippen molar-refractivity contribution in [1.82, 2.24) is 49.0 Å². The van der Waals surface area contributed by atoms with Gasteiger partial charge in [0.2, 0.25) is 0 Å². The minimum Gasteiger partial charge on any atom is -0.381 e. The number of aromatic nitrogens is 7. The van der Waals surface area contributed by atoms with Gasteiger partial charge >= 0.3 is 11.8 Å². The Bertz CT molecular complexity index is 3160. The number of rotatable bonds is 8. The van der Waals surface area contributed by atoms with E-state index < -0.39 is 23.8 Å². The van der Waals surface area contributed by atoms with Gasteiger partial charge in [-0.3, -0.25) is 23.9 Å². The lowest BCUT2D eigenvalue weighted by atomic mass is 9.91. The number of hydrogen-bond acceptors (Lipinski definition) is 9. The van der Waals surface area contributed by atoms with E-state index in [1.54, 1.807) is 52.2 Å². The van der Waals surface area contributed by atoms with Gasteiger partial charge in [0, 0.05) is 67.0 Å². The summed E-state index contributed by atoms with van der Waals surface area (Å²) in [5.41, 5.74) is 9.11. The lowest BCUT2D eigenvalue weighted by Gasteiger charge is -2.35. The van der Waals surface area contributed by atoms with E-state index in [4.69, 9.17) is 19.4 Å². The molecule has 1 aliphatic carbocycles. The predicted octanol–water partition coefficient (Wildman–Crippen LogP) is 6.79. The predicted molar refractivity (Wildman–Crippen MR) is 242 cm³/mol. The fourth-order valence-electron chi connectivity index (χ4n) is 11.4. The van der Waals surface area contributed by atoms with Crippen molar-refractivity contribution in [1.29, 1.82) is 0 Å². The third-order valence-electron chi connectivity index (χ3n) is 15.0. The smallest absolute Gasteiger partial charge is 0.381 e. The maximum absolute atomic E-state index is 15.6. The molecule has 16 nitrogen and oxygen atoms in total. The Labute approximate surface area is 378 Å². The van der Waals surface area contributed by atoms with Gasteiger partial charge in [-0.2, -0.15) is 10.2 Å². The molecule has 4 fully saturated rings. The molecule has 7 aromatic rings. The SMILES string of the molecule is Cc1cc(-n2nc3c(c2-n2ccn(-c4ccc5c(cnn5C5CCOC5)c4)c2=O)[C@H](C)N(C(=O)c2cc4cc(C5CCOCC5)ccc4n2[C@@]2(C4NOC(=O)N4)C[C@@H]2C)CC3)cc(C)c1F. The number of amides is 2. The Kier molecular flexibility index (Phi) is 9.45. The molecule has 5 aliphatic rings. The molecule has 0 radical (unpaired) electrons. The lowest BCUT2D eigenvalue weighted by molar-refractivity contribution is 0.0653. The number of fused-ring (bicyclic) bond motifs is 3. The largest absolute Gasteiger partial charge is 0.427 e. The molecule has 17 heteroatoms. The van der Waals surface area contributed by atoms with Gasteiger partial charge in [-0.15, -0.1) is 5.48 Å². The zero-order chi connectivity index (χ0) is 45.2. The Morgan fingerprint density at radius 3 is 2.36 bits per heavy atom. The second-order valence-electron chi connectivity index (χ2n) is 18.8. The van der Waals surface area contributed by atoms with Crippen molar-refractivity contribution in [3.05, 3.63) is 123 Å². The summed E-state index contributed by atoms with van der Waals surface area (Å²) < 4.78 is 35.5.